The molecule has 0 bridgehead atoms. The van der Waals surface area contributed by atoms with Crippen molar-refractivity contribution in [2.24, 2.45) is 11.8 Å². The lowest BCUT2D eigenvalue weighted by Gasteiger charge is -2.32. The first kappa shape index (κ1) is 12.8. The maximum absolute atomic E-state index is 12.0. The number of likely N-dealkylation sites (N-methyl/N-ethyl adjacent to an activating group) is 1. The Labute approximate surface area is 104 Å². The highest BCUT2D eigenvalue weighted by Crippen LogP contribution is 2.17. The number of hydrogen-bond acceptors (Lipinski definition) is 3. The van der Waals surface area contributed by atoms with Gasteiger partial charge < -0.3 is 15.5 Å². The second-order valence-corrected chi connectivity index (χ2v) is 5.62. The number of nitrogens with one attached hydrogen (secondary N) is 2. The number of amides is 1. The van der Waals surface area contributed by atoms with Crippen LogP contribution in [0.15, 0.2) is 0 Å². The average Bonchev–Trinajstić information content (AvgIpc) is 2.74. The Bertz CT molecular complexity index is 269. The van der Waals surface area contributed by atoms with Crippen LogP contribution in [0, 0.1) is 11.8 Å². The van der Waals surface area contributed by atoms with Crippen molar-refractivity contribution in [3.8, 4) is 0 Å². The van der Waals surface area contributed by atoms with Gasteiger partial charge in [0.2, 0.25) is 5.91 Å². The molecule has 98 valence electrons. The molecular formula is C13H25N3O. The van der Waals surface area contributed by atoms with Crippen molar-refractivity contribution in [3.63, 3.8) is 0 Å². The Morgan fingerprint density at radius 3 is 2.88 bits per heavy atom. The molecule has 0 aliphatic carbocycles. The van der Waals surface area contributed by atoms with Gasteiger partial charge in [-0.15, -0.1) is 0 Å². The summed E-state index contributed by atoms with van der Waals surface area (Å²) < 4.78 is 0. The fraction of sp³-hybridized carbons (Fsp3) is 0.923. The molecule has 2 fully saturated rings. The van der Waals surface area contributed by atoms with E-state index in [0.717, 1.165) is 19.6 Å². The van der Waals surface area contributed by atoms with Crippen LogP contribution in [0.5, 0.6) is 0 Å². The number of likely N-dealkylation sites (tertiary alicyclic amines) is 1. The van der Waals surface area contributed by atoms with Gasteiger partial charge >= 0.3 is 0 Å². The summed E-state index contributed by atoms with van der Waals surface area (Å²) in [4.78, 5) is 14.4. The summed E-state index contributed by atoms with van der Waals surface area (Å²) in [7, 11) is 2.16. The van der Waals surface area contributed by atoms with Gasteiger partial charge in [0.15, 0.2) is 0 Å². The Hall–Kier alpha value is -0.610. The smallest absolute Gasteiger partial charge is 0.224 e. The summed E-state index contributed by atoms with van der Waals surface area (Å²) in [6, 6.07) is 0.539. The molecule has 2 aliphatic heterocycles. The number of nitrogens with zero attached hydrogens (tertiary/aromatic N) is 1. The molecule has 0 spiro atoms. The lowest BCUT2D eigenvalue weighted by molar-refractivity contribution is -0.125. The highest BCUT2D eigenvalue weighted by Gasteiger charge is 2.30. The van der Waals surface area contributed by atoms with E-state index < -0.39 is 0 Å². The van der Waals surface area contributed by atoms with Gasteiger partial charge in [-0.05, 0) is 38.9 Å². The minimum atomic E-state index is 0.170. The molecule has 0 saturated carbocycles. The summed E-state index contributed by atoms with van der Waals surface area (Å²) in [6.45, 7) is 5.95. The maximum Gasteiger partial charge on any atom is 0.224 e. The van der Waals surface area contributed by atoms with Gasteiger partial charge in [-0.3, -0.25) is 4.79 Å². The van der Waals surface area contributed by atoms with Crippen LogP contribution in [0.1, 0.15) is 26.2 Å². The lowest BCUT2D eigenvalue weighted by atomic mass is 9.97. The van der Waals surface area contributed by atoms with E-state index in [2.05, 4.69) is 29.5 Å². The van der Waals surface area contributed by atoms with E-state index >= 15 is 0 Å². The Kier molecular flexibility index (Phi) is 4.40. The van der Waals surface area contributed by atoms with Crippen LogP contribution in [0.2, 0.25) is 0 Å². The third-order valence-corrected chi connectivity index (χ3v) is 4.29. The maximum atomic E-state index is 12.0. The normalized spacial score (nSPS) is 34.8. The summed E-state index contributed by atoms with van der Waals surface area (Å²) in [5, 5.41) is 6.41. The molecular weight excluding hydrogens is 214 g/mol. The van der Waals surface area contributed by atoms with Crippen molar-refractivity contribution in [2.45, 2.75) is 32.2 Å². The molecule has 3 unspecified atom stereocenters. The van der Waals surface area contributed by atoms with Crippen molar-refractivity contribution >= 4 is 5.91 Å². The van der Waals surface area contributed by atoms with E-state index in [1.54, 1.807) is 0 Å². The van der Waals surface area contributed by atoms with Crippen LogP contribution in [-0.2, 0) is 4.79 Å². The van der Waals surface area contributed by atoms with Gasteiger partial charge in [0.05, 0.1) is 5.92 Å². The van der Waals surface area contributed by atoms with Gasteiger partial charge in [-0.1, -0.05) is 13.3 Å². The third-order valence-electron chi connectivity index (χ3n) is 4.29. The first-order valence-corrected chi connectivity index (χ1v) is 6.87. The van der Waals surface area contributed by atoms with Gasteiger partial charge in [0.1, 0.15) is 0 Å². The zero-order chi connectivity index (χ0) is 12.3. The fourth-order valence-corrected chi connectivity index (χ4v) is 2.91. The molecule has 4 heteroatoms. The van der Waals surface area contributed by atoms with Crippen LogP contribution in [-0.4, -0.2) is 50.1 Å². The molecule has 0 aromatic rings. The van der Waals surface area contributed by atoms with Crippen LogP contribution in [0.3, 0.4) is 0 Å². The largest absolute Gasteiger partial charge is 0.354 e. The highest BCUT2D eigenvalue weighted by molar-refractivity contribution is 5.79. The Morgan fingerprint density at radius 1 is 1.41 bits per heavy atom. The molecule has 3 atom stereocenters. The average molecular weight is 239 g/mol. The number of hydrogen-bond donors (Lipinski definition) is 2. The third kappa shape index (κ3) is 3.19. The quantitative estimate of drug-likeness (QED) is 0.751. The molecule has 2 aliphatic rings. The number of piperidine rings is 1. The minimum absolute atomic E-state index is 0.170. The van der Waals surface area contributed by atoms with Crippen LogP contribution >= 0.6 is 0 Å². The summed E-state index contributed by atoms with van der Waals surface area (Å²) >= 11 is 0. The SMILES string of the molecule is CC1CNCC1C(=O)NCC1CCCCN1C. The zero-order valence-electron chi connectivity index (χ0n) is 11.0. The topological polar surface area (TPSA) is 44.4 Å². The predicted octanol–water partition coefficient (Wildman–Crippen LogP) is 0.442. The lowest BCUT2D eigenvalue weighted by Crippen LogP contribution is -2.46. The predicted molar refractivity (Wildman–Crippen MR) is 68.8 cm³/mol. The summed E-state index contributed by atoms with van der Waals surface area (Å²) in [5.41, 5.74) is 0. The van der Waals surface area contributed by atoms with E-state index in [-0.39, 0.29) is 11.8 Å². The minimum Gasteiger partial charge on any atom is -0.354 e. The molecule has 2 saturated heterocycles. The van der Waals surface area contributed by atoms with Crippen LogP contribution < -0.4 is 10.6 Å². The number of rotatable bonds is 3. The number of carbonyl (C=O) groups excluding carboxylic acids is 1. The monoisotopic (exact) mass is 239 g/mol. The van der Waals surface area contributed by atoms with Gasteiger partial charge in [0, 0.05) is 19.1 Å². The zero-order valence-corrected chi connectivity index (χ0v) is 11.0. The molecule has 2 heterocycles. The molecule has 1 amide bonds. The highest BCUT2D eigenvalue weighted by atomic mass is 16.1. The van der Waals surface area contributed by atoms with E-state index in [0.29, 0.717) is 12.0 Å². The fourth-order valence-electron chi connectivity index (χ4n) is 2.91. The first-order chi connectivity index (χ1) is 8.18. The molecule has 17 heavy (non-hydrogen) atoms. The Balaban J connectivity index is 1.75. The molecule has 0 aromatic heterocycles. The molecule has 0 radical (unpaired) electrons. The standard InChI is InChI=1S/C13H25N3O/c1-10-7-14-9-12(10)13(17)15-8-11-5-3-4-6-16(11)2/h10-12,14H,3-9H2,1-2H3,(H,15,17). The van der Waals surface area contributed by atoms with Gasteiger partial charge in [0.25, 0.3) is 0 Å². The van der Waals surface area contributed by atoms with E-state index in [1.165, 1.54) is 25.8 Å². The second kappa shape index (κ2) is 5.83. The molecule has 2 N–H and O–H groups in total. The molecule has 0 aromatic carbocycles. The summed E-state index contributed by atoms with van der Waals surface area (Å²) in [5.74, 6) is 0.879. The van der Waals surface area contributed by atoms with E-state index in [4.69, 9.17) is 0 Å². The van der Waals surface area contributed by atoms with Crippen molar-refractivity contribution in [1.29, 1.82) is 0 Å². The van der Waals surface area contributed by atoms with Crippen LogP contribution in [0.4, 0.5) is 0 Å². The first-order valence-electron chi connectivity index (χ1n) is 6.87. The molecule has 2 rings (SSSR count). The molecule has 4 nitrogen and oxygen atoms in total. The van der Waals surface area contributed by atoms with Crippen molar-refractivity contribution in [3.05, 3.63) is 0 Å². The van der Waals surface area contributed by atoms with Gasteiger partial charge in [-0.2, -0.15) is 0 Å². The second-order valence-electron chi connectivity index (χ2n) is 5.62. The number of carbonyl (C=O) groups is 1. The van der Waals surface area contributed by atoms with Crippen molar-refractivity contribution in [2.75, 3.05) is 33.2 Å². The van der Waals surface area contributed by atoms with Gasteiger partial charge in [-0.25, -0.2) is 0 Å². The van der Waals surface area contributed by atoms with Crippen LogP contribution in [0.25, 0.3) is 0 Å². The summed E-state index contributed by atoms with van der Waals surface area (Å²) in [6.07, 6.45) is 3.81. The van der Waals surface area contributed by atoms with Crippen molar-refractivity contribution < 1.29 is 4.79 Å². The van der Waals surface area contributed by atoms with E-state index in [1.807, 2.05) is 0 Å². The Morgan fingerprint density at radius 2 is 2.24 bits per heavy atom. The van der Waals surface area contributed by atoms with Crippen molar-refractivity contribution in [1.82, 2.24) is 15.5 Å². The van der Waals surface area contributed by atoms with E-state index in [9.17, 15) is 4.79 Å².